The lowest BCUT2D eigenvalue weighted by Crippen LogP contribution is -2.52. The van der Waals surface area contributed by atoms with E-state index in [1.165, 1.54) is 12.1 Å². The Morgan fingerprint density at radius 1 is 1.25 bits per heavy atom. The highest BCUT2D eigenvalue weighted by Gasteiger charge is 2.30. The molecule has 168 valence electrons. The minimum atomic E-state index is -0.459. The van der Waals surface area contributed by atoms with Crippen LogP contribution >= 0.6 is 0 Å². The molecule has 2 aromatic heterocycles. The highest BCUT2D eigenvalue weighted by molar-refractivity contribution is 5.93. The molecule has 0 saturated carbocycles. The van der Waals surface area contributed by atoms with Gasteiger partial charge in [-0.05, 0) is 44.0 Å². The molecular formula is C22H25F2N7O. The molecule has 2 atom stereocenters. The van der Waals surface area contributed by atoms with Crippen LogP contribution in [0.15, 0.2) is 36.7 Å². The van der Waals surface area contributed by atoms with Crippen LogP contribution in [0.4, 0.5) is 25.1 Å². The number of fused-ring (bicyclic) bond motifs is 1. The predicted molar refractivity (Wildman–Crippen MR) is 117 cm³/mol. The van der Waals surface area contributed by atoms with Gasteiger partial charge in [-0.2, -0.15) is 5.10 Å². The third-order valence-corrected chi connectivity index (χ3v) is 6.12. The number of nitrogens with one attached hydrogen (secondary N) is 2. The molecule has 8 nitrogen and oxygen atoms in total. The second kappa shape index (κ2) is 8.34. The van der Waals surface area contributed by atoms with Crippen molar-refractivity contribution in [2.75, 3.05) is 36.4 Å². The molecule has 0 spiro atoms. The molecule has 2 aliphatic rings. The lowest BCUT2D eigenvalue weighted by atomic mass is 10.0. The highest BCUT2D eigenvalue weighted by Crippen LogP contribution is 2.37. The van der Waals surface area contributed by atoms with Gasteiger partial charge in [0.1, 0.15) is 23.1 Å². The second-order valence-corrected chi connectivity index (χ2v) is 8.36. The molecule has 2 fully saturated rings. The molecule has 5 rings (SSSR count). The summed E-state index contributed by atoms with van der Waals surface area (Å²) in [6.07, 6.45) is 4.88. The van der Waals surface area contributed by atoms with Gasteiger partial charge in [0.05, 0.1) is 12.2 Å². The lowest BCUT2D eigenvalue weighted by molar-refractivity contribution is 0.192. The minimum Gasteiger partial charge on any atom is -0.349 e. The van der Waals surface area contributed by atoms with Crippen molar-refractivity contribution < 1.29 is 13.6 Å². The van der Waals surface area contributed by atoms with Crippen molar-refractivity contribution in [3.05, 3.63) is 53.9 Å². The van der Waals surface area contributed by atoms with Crippen molar-refractivity contribution in [1.82, 2.24) is 24.8 Å². The average molecular weight is 441 g/mol. The number of hydrogen-bond donors (Lipinski definition) is 2. The number of anilines is 2. The molecule has 0 bridgehead atoms. The molecule has 32 heavy (non-hydrogen) atoms. The van der Waals surface area contributed by atoms with Crippen LogP contribution in [0.3, 0.4) is 0 Å². The van der Waals surface area contributed by atoms with E-state index < -0.39 is 11.6 Å². The zero-order valence-corrected chi connectivity index (χ0v) is 17.8. The van der Waals surface area contributed by atoms with Gasteiger partial charge in [0, 0.05) is 44.0 Å². The molecular weight excluding hydrogens is 416 g/mol. The Morgan fingerprint density at radius 3 is 2.97 bits per heavy atom. The summed E-state index contributed by atoms with van der Waals surface area (Å²) >= 11 is 0. The Morgan fingerprint density at radius 2 is 2.12 bits per heavy atom. The molecule has 2 aliphatic heterocycles. The predicted octanol–water partition coefficient (Wildman–Crippen LogP) is 3.17. The van der Waals surface area contributed by atoms with Gasteiger partial charge in [-0.1, -0.05) is 0 Å². The Balaban J connectivity index is 1.42. The molecule has 1 unspecified atom stereocenters. The van der Waals surface area contributed by atoms with E-state index in [2.05, 4.69) is 15.7 Å². The third-order valence-electron chi connectivity index (χ3n) is 6.12. The molecule has 3 aromatic rings. The van der Waals surface area contributed by atoms with Crippen LogP contribution in [0.1, 0.15) is 31.4 Å². The van der Waals surface area contributed by atoms with Crippen LogP contribution in [0.25, 0.3) is 5.65 Å². The standard InChI is InChI=1S/C22H25F2N7O/c1-14-13-29(10-7-25-14)22(32)27-18-12-26-31-9-6-20(28-21(18)31)30-8-2-3-19(30)16-11-15(23)4-5-17(16)24/h4-6,9,11-12,14,19,25H,2-3,7-8,10,13H2,1H3,(H,27,32)/t14-,19?/m0/s1. The Bertz CT molecular complexity index is 1150. The number of piperazine rings is 1. The maximum atomic E-state index is 14.4. The van der Waals surface area contributed by atoms with Gasteiger partial charge >= 0.3 is 6.03 Å². The van der Waals surface area contributed by atoms with E-state index >= 15 is 0 Å². The summed E-state index contributed by atoms with van der Waals surface area (Å²) < 4.78 is 29.8. The second-order valence-electron chi connectivity index (χ2n) is 8.36. The summed E-state index contributed by atoms with van der Waals surface area (Å²) in [5.74, 6) is -0.248. The zero-order chi connectivity index (χ0) is 22.2. The number of nitrogens with zero attached hydrogens (tertiary/aromatic N) is 5. The Hall–Kier alpha value is -3.27. The van der Waals surface area contributed by atoms with Crippen molar-refractivity contribution in [2.45, 2.75) is 31.8 Å². The smallest absolute Gasteiger partial charge is 0.322 e. The first-order chi connectivity index (χ1) is 15.5. The quantitative estimate of drug-likeness (QED) is 0.653. The molecule has 1 aromatic carbocycles. The fourth-order valence-electron chi connectivity index (χ4n) is 4.55. The van der Waals surface area contributed by atoms with Crippen LogP contribution in [0.5, 0.6) is 0 Å². The van der Waals surface area contributed by atoms with E-state index in [1.807, 2.05) is 11.8 Å². The van der Waals surface area contributed by atoms with E-state index in [1.54, 1.807) is 27.9 Å². The normalized spacial score (nSPS) is 21.3. The van der Waals surface area contributed by atoms with E-state index in [4.69, 9.17) is 4.98 Å². The minimum absolute atomic E-state index is 0.193. The summed E-state index contributed by atoms with van der Waals surface area (Å²) in [5.41, 5.74) is 1.35. The van der Waals surface area contributed by atoms with Crippen molar-refractivity contribution in [1.29, 1.82) is 0 Å². The van der Waals surface area contributed by atoms with Crippen LogP contribution < -0.4 is 15.5 Å². The van der Waals surface area contributed by atoms with Gasteiger partial charge in [-0.3, -0.25) is 0 Å². The molecule has 0 aliphatic carbocycles. The van der Waals surface area contributed by atoms with Gasteiger partial charge in [0.2, 0.25) is 0 Å². The number of carbonyl (C=O) groups excluding carboxylic acids is 1. The van der Waals surface area contributed by atoms with Crippen molar-refractivity contribution in [3.8, 4) is 0 Å². The number of benzene rings is 1. The number of aromatic nitrogens is 3. The number of rotatable bonds is 3. The number of halogens is 2. The van der Waals surface area contributed by atoms with Gasteiger partial charge in [0.15, 0.2) is 5.65 Å². The van der Waals surface area contributed by atoms with Crippen LogP contribution in [-0.2, 0) is 0 Å². The third kappa shape index (κ3) is 3.86. The fourth-order valence-corrected chi connectivity index (χ4v) is 4.55. The van der Waals surface area contributed by atoms with E-state index in [9.17, 15) is 13.6 Å². The summed E-state index contributed by atoms with van der Waals surface area (Å²) in [6, 6.07) is 5.10. The van der Waals surface area contributed by atoms with Crippen molar-refractivity contribution in [2.24, 2.45) is 0 Å². The lowest BCUT2D eigenvalue weighted by Gasteiger charge is -2.31. The highest BCUT2D eigenvalue weighted by atomic mass is 19.1. The first kappa shape index (κ1) is 20.6. The fraction of sp³-hybridized carbons (Fsp3) is 0.409. The monoisotopic (exact) mass is 441 g/mol. The topological polar surface area (TPSA) is 77.8 Å². The maximum Gasteiger partial charge on any atom is 0.322 e. The number of urea groups is 1. The van der Waals surface area contributed by atoms with E-state index in [0.717, 1.165) is 19.0 Å². The summed E-state index contributed by atoms with van der Waals surface area (Å²) in [5, 5.41) is 10.5. The van der Waals surface area contributed by atoms with Crippen LogP contribution in [0, 0.1) is 11.6 Å². The van der Waals surface area contributed by atoms with Crippen LogP contribution in [0.2, 0.25) is 0 Å². The average Bonchev–Trinajstić information content (AvgIpc) is 3.42. The van der Waals surface area contributed by atoms with E-state index in [-0.39, 0.29) is 18.1 Å². The summed E-state index contributed by atoms with van der Waals surface area (Å²) in [4.78, 5) is 21.2. The van der Waals surface area contributed by atoms with Gasteiger partial charge in [-0.25, -0.2) is 23.1 Å². The Kier molecular flexibility index (Phi) is 5.38. The maximum absolute atomic E-state index is 14.4. The molecule has 4 heterocycles. The van der Waals surface area contributed by atoms with Gasteiger partial charge < -0.3 is 20.4 Å². The van der Waals surface area contributed by atoms with Crippen molar-refractivity contribution >= 4 is 23.2 Å². The largest absolute Gasteiger partial charge is 0.349 e. The molecule has 10 heteroatoms. The summed E-state index contributed by atoms with van der Waals surface area (Å²) in [7, 11) is 0. The van der Waals surface area contributed by atoms with Gasteiger partial charge in [0.25, 0.3) is 0 Å². The number of carbonyl (C=O) groups is 1. The summed E-state index contributed by atoms with van der Waals surface area (Å²) in [6.45, 7) is 4.72. The van der Waals surface area contributed by atoms with Crippen LogP contribution in [-0.4, -0.2) is 57.7 Å². The first-order valence-corrected chi connectivity index (χ1v) is 10.8. The number of hydrogen-bond acceptors (Lipinski definition) is 5. The van der Waals surface area contributed by atoms with Gasteiger partial charge in [-0.15, -0.1) is 0 Å². The first-order valence-electron chi connectivity index (χ1n) is 10.8. The zero-order valence-electron chi connectivity index (χ0n) is 17.8. The SMILES string of the molecule is C[C@H]1CN(C(=O)Nc2cnn3ccc(N4CCCC4c4cc(F)ccc4F)nc23)CCN1. The molecule has 2 N–H and O–H groups in total. The number of amides is 2. The van der Waals surface area contributed by atoms with E-state index in [0.29, 0.717) is 48.8 Å². The molecule has 2 amide bonds. The van der Waals surface area contributed by atoms with Crippen molar-refractivity contribution in [3.63, 3.8) is 0 Å². The Labute approximate surface area is 184 Å². The molecule has 0 radical (unpaired) electrons. The molecule has 2 saturated heterocycles.